The van der Waals surface area contributed by atoms with Crippen LogP contribution in [-0.4, -0.2) is 109 Å². The second-order valence-electron chi connectivity index (χ2n) is 37.0. The molecule has 0 radical (unpaired) electrons. The van der Waals surface area contributed by atoms with Crippen molar-refractivity contribution in [3.05, 3.63) is 315 Å². The molecule has 720 valence electrons. The summed E-state index contributed by atoms with van der Waals surface area (Å²) in [7, 11) is 0. The van der Waals surface area contributed by atoms with Crippen LogP contribution in [-0.2, 0) is 32.5 Å². The topological polar surface area (TPSA) is 188 Å². The Morgan fingerprint density at radius 1 is 0.224 bits per heavy atom. The van der Waals surface area contributed by atoms with E-state index in [0.717, 1.165) is 51.3 Å². The fourth-order valence-corrected chi connectivity index (χ4v) is 13.6. The first-order valence-corrected chi connectivity index (χ1v) is 46.3. The molecule has 0 unspecified atom stereocenters. The molecule has 6 aromatic heterocycles. The van der Waals surface area contributed by atoms with Gasteiger partial charge in [0.2, 0.25) is 35.3 Å². The highest BCUT2D eigenvalue weighted by Crippen LogP contribution is 2.38. The van der Waals surface area contributed by atoms with Crippen LogP contribution in [0, 0.1) is 45.1 Å². The number of hydrogen-bond donors (Lipinski definition) is 0. The van der Waals surface area contributed by atoms with E-state index in [2.05, 4.69) is 187 Å². The minimum Gasteiger partial charge on any atom is -0.489 e. The first-order valence-electron chi connectivity index (χ1n) is 43.7. The summed E-state index contributed by atoms with van der Waals surface area (Å²) in [5.74, 6) is 3.72. The number of benzene rings is 6. The number of nitrogens with zero attached hydrogens (tertiary/aromatic N) is 6. The molecule has 0 aliphatic heterocycles. The Kier molecular flexibility index (Phi) is 43.5. The van der Waals surface area contributed by atoms with Gasteiger partial charge in [0.1, 0.15) is 102 Å². The van der Waals surface area contributed by atoms with Crippen molar-refractivity contribution in [3.63, 3.8) is 0 Å². The van der Waals surface area contributed by atoms with Gasteiger partial charge < -0.3 is 56.8 Å². The number of aryl methyl sites for hydroxylation is 4. The van der Waals surface area contributed by atoms with E-state index < -0.39 is 17.5 Å². The number of aromatic nitrogens is 6. The third kappa shape index (κ3) is 38.1. The van der Waals surface area contributed by atoms with Crippen LogP contribution in [0.1, 0.15) is 180 Å². The lowest BCUT2D eigenvalue weighted by Crippen LogP contribution is -2.13. The third-order valence-corrected chi connectivity index (χ3v) is 21.7. The van der Waals surface area contributed by atoms with Gasteiger partial charge in [0.05, 0.1) is 30.1 Å². The van der Waals surface area contributed by atoms with Gasteiger partial charge in [-0.2, -0.15) is 0 Å². The number of rotatable bonds is 30. The van der Waals surface area contributed by atoms with Crippen LogP contribution in [0.5, 0.6) is 69.8 Å². The van der Waals surface area contributed by atoms with Gasteiger partial charge in [0, 0.05) is 73.6 Å². The zero-order valence-corrected chi connectivity index (χ0v) is 85.8. The maximum absolute atomic E-state index is 13.8. The largest absolute Gasteiger partial charge is 0.489 e. The van der Waals surface area contributed by atoms with Crippen molar-refractivity contribution >= 4 is 81.2 Å². The van der Waals surface area contributed by atoms with Gasteiger partial charge in [-0.25, -0.2) is 43.1 Å². The van der Waals surface area contributed by atoms with Crippen LogP contribution >= 0.6 is 81.2 Å². The standard InChI is InChI=1S/C19H25NO2.C18H21Cl2NO2.C18H21ClFNO2.C17H19Cl2NO2.C17H18ClF2NO2.C17H20ClNO2/c1-14-7-6-8-15(2)18(14)22-12-11-21-17-10-9-16(13-20-17)19(3,4)5;2*1-12-9-14(19)17(15(20)10-12)23-8-7-22-16-6-5-13(11-21-16)18(2,3)4;1-17(2,3)12-7-8-15(20-11-12)21-9-10-22-16-13(18)5-4-6-14(16)19;1-17(2,3)11-4-7-14(21-10-11)22-8-9-23-16-13(20)6-5-12(19)15(16)18;1-17(2,3)13-8-9-16(19-12-13)21-11-10-20-15-7-5-4-6-14(15)18/h6-10,13H,11-12H2,1-5H3;2*5-6,9-11H,7-8H2,1-4H3;4-8,11H,9-10H2,1-3H3;4-7,10H,8-9H2,1-3H3;4-9,12H,10-11H2,1-3H3. The summed E-state index contributed by atoms with van der Waals surface area (Å²) in [6.07, 6.45) is 10.9. The number of halogens is 10. The monoisotopic (exact) mass is 1970 g/mol. The molecule has 6 heterocycles. The average Bonchev–Trinajstić information content (AvgIpc) is 0.865. The van der Waals surface area contributed by atoms with E-state index in [1.165, 1.54) is 28.3 Å². The van der Waals surface area contributed by atoms with Crippen LogP contribution in [0.25, 0.3) is 0 Å². The van der Waals surface area contributed by atoms with E-state index in [9.17, 15) is 13.2 Å². The van der Waals surface area contributed by atoms with E-state index in [-0.39, 0.29) is 80.5 Å². The number of ether oxygens (including phenoxy) is 12. The van der Waals surface area contributed by atoms with Gasteiger partial charge in [-0.3, -0.25) is 0 Å². The molecule has 0 saturated carbocycles. The zero-order valence-electron chi connectivity index (χ0n) is 80.5. The second-order valence-corrected chi connectivity index (χ2v) is 39.8. The van der Waals surface area contributed by atoms with E-state index in [1.807, 2.05) is 129 Å². The molecule has 12 rings (SSSR count). The van der Waals surface area contributed by atoms with Crippen molar-refractivity contribution in [1.29, 1.82) is 0 Å². The van der Waals surface area contributed by atoms with Gasteiger partial charge in [0.25, 0.3) is 0 Å². The van der Waals surface area contributed by atoms with Crippen molar-refractivity contribution in [2.45, 2.75) is 185 Å². The third-order valence-electron chi connectivity index (χ3n) is 19.6. The lowest BCUT2D eigenvalue weighted by Gasteiger charge is -2.18. The smallest absolute Gasteiger partial charge is 0.213 e. The maximum atomic E-state index is 13.8. The highest BCUT2D eigenvalue weighted by Gasteiger charge is 2.22. The molecule has 6 aromatic carbocycles. The molecular weight excluding hydrogens is 1850 g/mol. The van der Waals surface area contributed by atoms with E-state index in [0.29, 0.717) is 130 Å². The Morgan fingerprint density at radius 3 is 0.769 bits per heavy atom. The number of hydrogen-bond acceptors (Lipinski definition) is 18. The summed E-state index contributed by atoms with van der Waals surface area (Å²) in [4.78, 5) is 25.7. The molecule has 0 saturated heterocycles. The minimum atomic E-state index is -0.733. The molecule has 0 spiro atoms. The Bertz CT molecular complexity index is 5280. The van der Waals surface area contributed by atoms with E-state index in [4.69, 9.17) is 138 Å². The predicted octanol–water partition coefficient (Wildman–Crippen LogP) is 29.2. The Labute approximate surface area is 824 Å². The lowest BCUT2D eigenvalue weighted by molar-refractivity contribution is 0.206. The van der Waals surface area contributed by atoms with Gasteiger partial charge in [-0.1, -0.05) is 279 Å². The summed E-state index contributed by atoms with van der Waals surface area (Å²) in [6.45, 7) is 50.1. The molecule has 18 nitrogen and oxygen atoms in total. The van der Waals surface area contributed by atoms with Gasteiger partial charge in [0.15, 0.2) is 34.6 Å². The first-order chi connectivity index (χ1) is 63.0. The summed E-state index contributed by atoms with van der Waals surface area (Å²) >= 11 is 41.9. The molecule has 0 fully saturated rings. The molecule has 0 aliphatic carbocycles. The Balaban J connectivity index is 0.000000219. The zero-order chi connectivity index (χ0) is 98.7. The van der Waals surface area contributed by atoms with Crippen LogP contribution in [0.15, 0.2) is 207 Å². The summed E-state index contributed by atoms with van der Waals surface area (Å²) in [6, 6.07) is 50.5. The second kappa shape index (κ2) is 52.7. The highest BCUT2D eigenvalue weighted by atomic mass is 35.5. The van der Waals surface area contributed by atoms with Crippen LogP contribution in [0.3, 0.4) is 0 Å². The normalized spacial score (nSPS) is 11.3. The molecule has 0 N–H and O–H groups in total. The summed E-state index contributed by atoms with van der Waals surface area (Å²) in [5.41, 5.74) is 11.4. The quantitative estimate of drug-likeness (QED) is 0.0305. The van der Waals surface area contributed by atoms with Crippen LogP contribution < -0.4 is 56.8 Å². The van der Waals surface area contributed by atoms with Crippen molar-refractivity contribution in [2.24, 2.45) is 0 Å². The number of pyridine rings is 6. The maximum Gasteiger partial charge on any atom is 0.213 e. The van der Waals surface area contributed by atoms with Crippen LogP contribution in [0.2, 0.25) is 35.2 Å². The molecule has 28 heteroatoms. The summed E-state index contributed by atoms with van der Waals surface area (Å²) < 4.78 is 107. The van der Waals surface area contributed by atoms with Crippen molar-refractivity contribution in [3.8, 4) is 69.8 Å². The van der Waals surface area contributed by atoms with Gasteiger partial charge in [-0.05, 0) is 176 Å². The van der Waals surface area contributed by atoms with Crippen molar-refractivity contribution < 1.29 is 70.0 Å². The molecular formula is C106H124Cl7F3N6O12. The van der Waals surface area contributed by atoms with Crippen LogP contribution in [0.4, 0.5) is 13.2 Å². The SMILES string of the molecule is CC(C)(C)c1ccc(OCCOc2c(Cl)cccc2Cl)nc1.CC(C)(C)c1ccc(OCCOc2c(F)ccc(F)c2Cl)nc1.CC(C)(C)c1ccc(OCCOc2ccccc2Cl)nc1.Cc1cc(Cl)c(OCCOc2ccc(C(C)(C)C)cn2)c(Cl)c1.Cc1cc(F)c(OCCOc2ccc(C(C)(C)C)cn2)c(Cl)c1.Cc1cccc(C)c1OCCOc1ccc(C(C)(C)C)cn1. The fraction of sp³-hybridized carbons (Fsp3) is 0.377. The average molecular weight is 1980 g/mol. The predicted molar refractivity (Wildman–Crippen MR) is 536 cm³/mol. The van der Waals surface area contributed by atoms with Crippen molar-refractivity contribution in [2.75, 3.05) is 79.3 Å². The number of para-hydroxylation sites is 3. The van der Waals surface area contributed by atoms with Crippen molar-refractivity contribution in [1.82, 2.24) is 29.9 Å². The minimum absolute atomic E-state index is 0.0142. The van der Waals surface area contributed by atoms with E-state index >= 15 is 0 Å². The Morgan fingerprint density at radius 2 is 0.470 bits per heavy atom. The van der Waals surface area contributed by atoms with Gasteiger partial charge >= 0.3 is 0 Å². The molecule has 0 atom stereocenters. The Hall–Kier alpha value is -10.4. The fourth-order valence-electron chi connectivity index (χ4n) is 11.7. The lowest BCUT2D eigenvalue weighted by atomic mass is 9.88. The molecule has 134 heavy (non-hydrogen) atoms. The van der Waals surface area contributed by atoms with Gasteiger partial charge in [-0.15, -0.1) is 0 Å². The first kappa shape index (κ1) is 111. The molecule has 0 bridgehead atoms. The summed E-state index contributed by atoms with van der Waals surface area (Å²) in [5, 5.41) is 2.46. The molecule has 0 amide bonds. The molecule has 12 aromatic rings. The highest BCUT2D eigenvalue weighted by molar-refractivity contribution is 6.38. The van der Waals surface area contributed by atoms with E-state index in [1.54, 1.807) is 55.7 Å². The molecule has 0 aliphatic rings.